The van der Waals surface area contributed by atoms with Crippen LogP contribution in [0, 0.1) is 0 Å². The van der Waals surface area contributed by atoms with E-state index in [2.05, 4.69) is 10.3 Å². The number of rotatable bonds is 5. The Morgan fingerprint density at radius 1 is 1.19 bits per heavy atom. The number of nitrogens with zero attached hydrogens (tertiary/aromatic N) is 2. The van der Waals surface area contributed by atoms with E-state index in [4.69, 9.17) is 43.3 Å². The number of hydrogen-bond acceptors (Lipinski definition) is 6. The zero-order chi connectivity index (χ0) is 22.7. The number of carbonyl (C=O) groups excluding carboxylic acids is 1. The summed E-state index contributed by atoms with van der Waals surface area (Å²) in [6, 6.07) is 12.9. The Balaban J connectivity index is 1.28. The molecular weight excluding hydrogens is 455 g/mol. The van der Waals surface area contributed by atoms with E-state index in [0.717, 1.165) is 30.1 Å². The van der Waals surface area contributed by atoms with Gasteiger partial charge in [-0.05, 0) is 43.3 Å². The molecule has 2 aliphatic rings. The van der Waals surface area contributed by atoms with Crippen molar-refractivity contribution in [1.29, 1.82) is 0 Å². The van der Waals surface area contributed by atoms with E-state index in [1.807, 2.05) is 37.3 Å². The van der Waals surface area contributed by atoms with Crippen LogP contribution >= 0.6 is 23.2 Å². The van der Waals surface area contributed by atoms with E-state index in [-0.39, 0.29) is 12.1 Å². The van der Waals surface area contributed by atoms with Crippen LogP contribution in [0.3, 0.4) is 0 Å². The number of carbonyl (C=O) groups is 1. The van der Waals surface area contributed by atoms with Crippen molar-refractivity contribution >= 4 is 34.9 Å². The fourth-order valence-electron chi connectivity index (χ4n) is 3.92. The second kappa shape index (κ2) is 9.72. The van der Waals surface area contributed by atoms with Gasteiger partial charge in [-0.1, -0.05) is 29.3 Å². The number of amides is 2. The molecule has 10 heteroatoms. The SMILES string of the molecule is C[C@]1(c2ccc(Cl)cc2Cl)OCC(COc2ccc(N3CCN(C(=O)NN)CC3)cc2)O1. The molecule has 2 atom stereocenters. The van der Waals surface area contributed by atoms with Crippen molar-refractivity contribution in [1.82, 2.24) is 10.3 Å². The maximum atomic E-state index is 11.6. The number of urea groups is 1. The van der Waals surface area contributed by atoms with E-state index in [9.17, 15) is 4.79 Å². The second-order valence-corrected chi connectivity index (χ2v) is 8.69. The topological polar surface area (TPSA) is 89.3 Å². The quantitative estimate of drug-likeness (QED) is 0.387. The van der Waals surface area contributed by atoms with Crippen LogP contribution in [0.25, 0.3) is 0 Å². The lowest BCUT2D eigenvalue weighted by Crippen LogP contribution is -2.53. The van der Waals surface area contributed by atoms with E-state index in [1.54, 1.807) is 17.0 Å². The van der Waals surface area contributed by atoms with Crippen LogP contribution in [0.1, 0.15) is 12.5 Å². The molecule has 2 amide bonds. The maximum absolute atomic E-state index is 11.6. The standard InChI is InChI=1S/C22H26Cl2N4O4/c1-22(19-7-2-15(23)12-20(19)24)31-14-18(32-22)13-30-17-5-3-16(4-6-17)27-8-10-28(11-9-27)21(29)26-25/h2-7,12,18H,8-11,13-14,25H2,1H3,(H,26,29)/t18?,22-/m0/s1. The summed E-state index contributed by atoms with van der Waals surface area (Å²) < 4.78 is 17.9. The van der Waals surface area contributed by atoms with E-state index < -0.39 is 5.79 Å². The first-order chi connectivity index (χ1) is 15.4. The lowest BCUT2D eigenvalue weighted by atomic mass is 10.1. The minimum Gasteiger partial charge on any atom is -0.491 e. The van der Waals surface area contributed by atoms with Crippen LogP contribution in [0.2, 0.25) is 10.0 Å². The van der Waals surface area contributed by atoms with Crippen molar-refractivity contribution < 1.29 is 19.0 Å². The predicted octanol–water partition coefficient (Wildman–Crippen LogP) is 3.37. The number of benzene rings is 2. The van der Waals surface area contributed by atoms with Gasteiger partial charge in [0.05, 0.1) is 11.6 Å². The van der Waals surface area contributed by atoms with Gasteiger partial charge in [0.15, 0.2) is 5.79 Å². The summed E-state index contributed by atoms with van der Waals surface area (Å²) in [5.41, 5.74) is 3.99. The molecule has 0 bridgehead atoms. The van der Waals surface area contributed by atoms with Crippen LogP contribution in [0.4, 0.5) is 10.5 Å². The zero-order valence-electron chi connectivity index (χ0n) is 17.7. The fraction of sp³-hybridized carbons (Fsp3) is 0.409. The molecule has 2 aromatic carbocycles. The van der Waals surface area contributed by atoms with Gasteiger partial charge in [-0.25, -0.2) is 10.6 Å². The first kappa shape index (κ1) is 22.9. The van der Waals surface area contributed by atoms with Gasteiger partial charge in [-0.2, -0.15) is 0 Å². The van der Waals surface area contributed by atoms with Crippen LogP contribution < -0.4 is 20.9 Å². The number of hydrazine groups is 1. The van der Waals surface area contributed by atoms with Crippen molar-refractivity contribution in [2.75, 3.05) is 44.3 Å². The van der Waals surface area contributed by atoms with Crippen LogP contribution in [0.15, 0.2) is 42.5 Å². The molecule has 2 aliphatic heterocycles. The zero-order valence-corrected chi connectivity index (χ0v) is 19.2. The molecule has 2 saturated heterocycles. The number of halogens is 2. The molecule has 3 N–H and O–H groups in total. The van der Waals surface area contributed by atoms with Gasteiger partial charge in [0.2, 0.25) is 0 Å². The fourth-order valence-corrected chi connectivity index (χ4v) is 4.50. The molecule has 2 aromatic rings. The monoisotopic (exact) mass is 480 g/mol. The maximum Gasteiger partial charge on any atom is 0.331 e. The smallest absolute Gasteiger partial charge is 0.331 e. The number of nitrogens with one attached hydrogen (secondary N) is 1. The van der Waals surface area contributed by atoms with Crippen molar-refractivity contribution in [3.63, 3.8) is 0 Å². The summed E-state index contributed by atoms with van der Waals surface area (Å²) in [5, 5.41) is 1.06. The highest BCUT2D eigenvalue weighted by Crippen LogP contribution is 2.38. The number of hydrogen-bond donors (Lipinski definition) is 2. The lowest BCUT2D eigenvalue weighted by Gasteiger charge is -2.35. The molecule has 32 heavy (non-hydrogen) atoms. The largest absolute Gasteiger partial charge is 0.491 e. The molecule has 2 fully saturated rings. The van der Waals surface area contributed by atoms with Gasteiger partial charge >= 0.3 is 6.03 Å². The van der Waals surface area contributed by atoms with Gasteiger partial charge in [-0.3, -0.25) is 5.43 Å². The second-order valence-electron chi connectivity index (χ2n) is 7.85. The Morgan fingerprint density at radius 3 is 2.56 bits per heavy atom. The van der Waals surface area contributed by atoms with Gasteiger partial charge in [0.1, 0.15) is 18.5 Å². The predicted molar refractivity (Wildman–Crippen MR) is 123 cm³/mol. The third kappa shape index (κ3) is 5.05. The summed E-state index contributed by atoms with van der Waals surface area (Å²) in [6.07, 6.45) is -0.229. The van der Waals surface area contributed by atoms with Gasteiger partial charge in [-0.15, -0.1) is 0 Å². The molecule has 4 rings (SSSR count). The van der Waals surface area contributed by atoms with Gasteiger partial charge < -0.3 is 24.0 Å². The first-order valence-electron chi connectivity index (χ1n) is 10.4. The van der Waals surface area contributed by atoms with Crippen molar-refractivity contribution in [3.05, 3.63) is 58.1 Å². The molecule has 8 nitrogen and oxygen atoms in total. The molecule has 0 radical (unpaired) electrons. The van der Waals surface area contributed by atoms with E-state index >= 15 is 0 Å². The Labute approximate surface area is 197 Å². The molecule has 0 spiro atoms. The van der Waals surface area contributed by atoms with Crippen molar-refractivity contribution in [2.45, 2.75) is 18.8 Å². The lowest BCUT2D eigenvalue weighted by molar-refractivity contribution is -0.164. The Bertz CT molecular complexity index is 953. The summed E-state index contributed by atoms with van der Waals surface area (Å²) in [6.45, 7) is 5.32. The molecule has 0 saturated carbocycles. The minimum atomic E-state index is -0.942. The molecule has 1 unspecified atom stereocenters. The Morgan fingerprint density at radius 2 is 1.91 bits per heavy atom. The number of piperazine rings is 1. The van der Waals surface area contributed by atoms with Gasteiger partial charge in [0.25, 0.3) is 0 Å². The highest BCUT2D eigenvalue weighted by molar-refractivity contribution is 6.35. The van der Waals surface area contributed by atoms with Gasteiger partial charge in [0, 0.05) is 42.5 Å². The average molecular weight is 481 g/mol. The summed E-state index contributed by atoms with van der Waals surface area (Å²) >= 11 is 12.3. The molecule has 0 aliphatic carbocycles. The Hall–Kier alpha value is -2.23. The first-order valence-corrected chi connectivity index (χ1v) is 11.1. The minimum absolute atomic E-state index is 0.229. The summed E-state index contributed by atoms with van der Waals surface area (Å²) in [7, 11) is 0. The number of ether oxygens (including phenoxy) is 3. The van der Waals surface area contributed by atoms with E-state index in [0.29, 0.717) is 36.3 Å². The normalized spacial score (nSPS) is 23.3. The molecule has 2 heterocycles. The molecule has 0 aromatic heterocycles. The number of nitrogens with two attached hydrogens (primary N) is 1. The third-order valence-corrected chi connectivity index (χ3v) is 6.23. The van der Waals surface area contributed by atoms with Crippen LogP contribution in [0.5, 0.6) is 5.75 Å². The van der Waals surface area contributed by atoms with Crippen LogP contribution in [-0.2, 0) is 15.3 Å². The van der Waals surface area contributed by atoms with Crippen molar-refractivity contribution in [2.24, 2.45) is 5.84 Å². The van der Waals surface area contributed by atoms with Crippen LogP contribution in [-0.4, -0.2) is 56.4 Å². The highest BCUT2D eigenvalue weighted by Gasteiger charge is 2.40. The molecular formula is C22H26Cl2N4O4. The highest BCUT2D eigenvalue weighted by atomic mass is 35.5. The average Bonchev–Trinajstić information content (AvgIpc) is 3.19. The summed E-state index contributed by atoms with van der Waals surface area (Å²) in [5.74, 6) is 5.00. The summed E-state index contributed by atoms with van der Waals surface area (Å²) in [4.78, 5) is 15.5. The number of anilines is 1. The van der Waals surface area contributed by atoms with Crippen molar-refractivity contribution in [3.8, 4) is 5.75 Å². The third-order valence-electron chi connectivity index (χ3n) is 5.68. The van der Waals surface area contributed by atoms with E-state index in [1.165, 1.54) is 0 Å². The molecule has 172 valence electrons. The Kier molecular flexibility index (Phi) is 6.97.